The molecular weight excluding hydrogens is 338 g/mol. The minimum absolute atomic E-state index is 0.396. The van der Waals surface area contributed by atoms with Crippen LogP contribution >= 0.6 is 0 Å². The average molecular weight is 355 g/mol. The van der Waals surface area contributed by atoms with Crippen LogP contribution in [0.25, 0.3) is 17.0 Å². The maximum Gasteiger partial charge on any atom is 0.268 e. The topological polar surface area (TPSA) is 80.2 Å². The molecule has 1 heterocycles. The molecule has 0 aliphatic rings. The van der Waals surface area contributed by atoms with Gasteiger partial charge in [-0.1, -0.05) is 48.5 Å². The number of aromatic nitrogens is 1. The number of hydrogen-bond donors (Lipinski definition) is 2. The number of carbonyl (C=O) groups excluding carboxylic acids is 1. The van der Waals surface area contributed by atoms with E-state index in [1.54, 1.807) is 18.3 Å². The standard InChI is InChI=1S/C18H17N3O3S/c1-21-13-16(15-9-5-6-10-17(15)21)18(22)19-20-25(23,24)12-11-14-7-3-2-4-8-14/h2-13,20H,1H3,(H,19,22)/b12-11-. The Bertz CT molecular complexity index is 1040. The maximum absolute atomic E-state index is 12.3. The summed E-state index contributed by atoms with van der Waals surface area (Å²) in [5.74, 6) is -0.520. The van der Waals surface area contributed by atoms with E-state index < -0.39 is 15.9 Å². The van der Waals surface area contributed by atoms with Crippen molar-refractivity contribution >= 4 is 32.9 Å². The molecule has 6 nitrogen and oxygen atoms in total. The lowest BCUT2D eigenvalue weighted by molar-refractivity contribution is 0.0947. The van der Waals surface area contributed by atoms with Crippen LogP contribution in [0.2, 0.25) is 0 Å². The summed E-state index contributed by atoms with van der Waals surface area (Å²) < 4.78 is 25.8. The summed E-state index contributed by atoms with van der Waals surface area (Å²) in [4.78, 5) is 14.4. The van der Waals surface area contributed by atoms with Crippen molar-refractivity contribution in [2.75, 3.05) is 0 Å². The van der Waals surface area contributed by atoms with Crippen molar-refractivity contribution in [3.63, 3.8) is 0 Å². The zero-order valence-electron chi connectivity index (χ0n) is 13.5. The van der Waals surface area contributed by atoms with Crippen LogP contribution in [-0.4, -0.2) is 18.9 Å². The van der Waals surface area contributed by atoms with Gasteiger partial charge in [0.1, 0.15) is 0 Å². The van der Waals surface area contributed by atoms with E-state index in [1.807, 2.05) is 54.1 Å². The van der Waals surface area contributed by atoms with Crippen LogP contribution in [-0.2, 0) is 17.1 Å². The Labute approximate surface area is 145 Å². The monoisotopic (exact) mass is 355 g/mol. The SMILES string of the molecule is Cn1cc(C(=O)NNS(=O)(=O)/C=C\c2ccccc2)c2ccccc21. The fourth-order valence-electron chi connectivity index (χ4n) is 2.47. The molecule has 0 saturated carbocycles. The number of aryl methyl sites for hydroxylation is 1. The second kappa shape index (κ2) is 6.92. The first-order valence-electron chi connectivity index (χ1n) is 7.56. The van der Waals surface area contributed by atoms with E-state index in [4.69, 9.17) is 0 Å². The van der Waals surface area contributed by atoms with Crippen LogP contribution in [0.4, 0.5) is 0 Å². The van der Waals surface area contributed by atoms with Gasteiger partial charge >= 0.3 is 0 Å². The molecular formula is C18H17N3O3S. The molecule has 0 aliphatic carbocycles. The van der Waals surface area contributed by atoms with Crippen LogP contribution < -0.4 is 10.3 Å². The highest BCUT2D eigenvalue weighted by molar-refractivity contribution is 7.92. The lowest BCUT2D eigenvalue weighted by Gasteiger charge is -2.05. The van der Waals surface area contributed by atoms with Gasteiger partial charge in [0, 0.05) is 29.6 Å². The highest BCUT2D eigenvalue weighted by atomic mass is 32.2. The smallest absolute Gasteiger partial charge is 0.268 e. The molecule has 1 aromatic heterocycles. The molecule has 7 heteroatoms. The molecule has 25 heavy (non-hydrogen) atoms. The molecule has 0 unspecified atom stereocenters. The summed E-state index contributed by atoms with van der Waals surface area (Å²) in [6.45, 7) is 0. The van der Waals surface area contributed by atoms with E-state index >= 15 is 0 Å². The van der Waals surface area contributed by atoms with E-state index in [9.17, 15) is 13.2 Å². The molecule has 1 amide bonds. The molecule has 0 saturated heterocycles. The van der Waals surface area contributed by atoms with E-state index in [2.05, 4.69) is 10.3 Å². The number of hydrazine groups is 1. The first kappa shape index (κ1) is 16.9. The van der Waals surface area contributed by atoms with Gasteiger partial charge in [0.2, 0.25) is 0 Å². The summed E-state index contributed by atoms with van der Waals surface area (Å²) in [6.07, 6.45) is 3.11. The Morgan fingerprint density at radius 3 is 2.48 bits per heavy atom. The molecule has 0 radical (unpaired) electrons. The number of sulfonamides is 1. The third-order valence-corrected chi connectivity index (χ3v) is 4.57. The Morgan fingerprint density at radius 2 is 1.72 bits per heavy atom. The normalized spacial score (nSPS) is 11.9. The zero-order valence-corrected chi connectivity index (χ0v) is 14.3. The molecule has 0 spiro atoms. The van der Waals surface area contributed by atoms with Gasteiger partial charge in [0.25, 0.3) is 15.9 Å². The number of nitrogens with one attached hydrogen (secondary N) is 2. The van der Waals surface area contributed by atoms with Crippen LogP contribution in [0.3, 0.4) is 0 Å². The molecule has 0 atom stereocenters. The second-order valence-corrected chi connectivity index (χ2v) is 7.05. The van der Waals surface area contributed by atoms with Crippen molar-refractivity contribution in [1.29, 1.82) is 0 Å². The predicted octanol–water partition coefficient (Wildman–Crippen LogP) is 2.41. The molecule has 2 aromatic carbocycles. The Morgan fingerprint density at radius 1 is 1.04 bits per heavy atom. The van der Waals surface area contributed by atoms with Gasteiger partial charge in [-0.25, -0.2) is 8.42 Å². The molecule has 3 aromatic rings. The summed E-state index contributed by atoms with van der Waals surface area (Å²) in [5.41, 5.74) is 4.27. The highest BCUT2D eigenvalue weighted by Crippen LogP contribution is 2.19. The number of fused-ring (bicyclic) bond motifs is 1. The third kappa shape index (κ3) is 3.96. The number of para-hydroxylation sites is 1. The fraction of sp³-hybridized carbons (Fsp3) is 0.0556. The van der Waals surface area contributed by atoms with Crippen molar-refractivity contribution in [1.82, 2.24) is 14.8 Å². The van der Waals surface area contributed by atoms with Crippen LogP contribution in [0.1, 0.15) is 15.9 Å². The Balaban J connectivity index is 1.72. The van der Waals surface area contributed by atoms with Crippen molar-refractivity contribution in [3.05, 3.63) is 77.3 Å². The second-order valence-electron chi connectivity index (χ2n) is 5.49. The fourth-order valence-corrected chi connectivity index (χ4v) is 3.11. The molecule has 128 valence electrons. The van der Waals surface area contributed by atoms with E-state index in [-0.39, 0.29) is 0 Å². The number of benzene rings is 2. The summed E-state index contributed by atoms with van der Waals surface area (Å²) in [6, 6.07) is 16.4. The van der Waals surface area contributed by atoms with Gasteiger partial charge < -0.3 is 4.57 Å². The number of hydrogen-bond acceptors (Lipinski definition) is 3. The van der Waals surface area contributed by atoms with Gasteiger partial charge in [0.05, 0.1) is 5.56 Å². The first-order chi connectivity index (χ1) is 12.0. The van der Waals surface area contributed by atoms with Gasteiger partial charge in [-0.05, 0) is 17.7 Å². The number of amides is 1. The van der Waals surface area contributed by atoms with E-state index in [0.717, 1.165) is 21.9 Å². The van der Waals surface area contributed by atoms with Crippen molar-refractivity contribution < 1.29 is 13.2 Å². The summed E-state index contributed by atoms with van der Waals surface area (Å²) in [7, 11) is -1.97. The minimum Gasteiger partial charge on any atom is -0.350 e. The van der Waals surface area contributed by atoms with Gasteiger partial charge in [-0.3, -0.25) is 10.2 Å². The molecule has 0 aliphatic heterocycles. The minimum atomic E-state index is -3.80. The van der Waals surface area contributed by atoms with E-state index in [1.165, 1.54) is 6.08 Å². The summed E-state index contributed by atoms with van der Waals surface area (Å²) >= 11 is 0. The highest BCUT2D eigenvalue weighted by Gasteiger charge is 2.15. The van der Waals surface area contributed by atoms with Crippen molar-refractivity contribution in [3.8, 4) is 0 Å². The number of carbonyl (C=O) groups is 1. The largest absolute Gasteiger partial charge is 0.350 e. The van der Waals surface area contributed by atoms with E-state index in [0.29, 0.717) is 5.56 Å². The molecule has 3 rings (SSSR count). The molecule has 0 fully saturated rings. The van der Waals surface area contributed by atoms with Crippen LogP contribution in [0.5, 0.6) is 0 Å². The lowest BCUT2D eigenvalue weighted by Crippen LogP contribution is -2.40. The van der Waals surface area contributed by atoms with Gasteiger partial charge in [0.15, 0.2) is 0 Å². The zero-order chi connectivity index (χ0) is 17.9. The van der Waals surface area contributed by atoms with Crippen molar-refractivity contribution in [2.24, 2.45) is 7.05 Å². The lowest BCUT2D eigenvalue weighted by atomic mass is 10.2. The molecule has 0 bridgehead atoms. The van der Waals surface area contributed by atoms with Crippen LogP contribution in [0, 0.1) is 0 Å². The van der Waals surface area contributed by atoms with Crippen molar-refractivity contribution in [2.45, 2.75) is 0 Å². The predicted molar refractivity (Wildman–Crippen MR) is 97.9 cm³/mol. The Kier molecular flexibility index (Phi) is 4.69. The quantitative estimate of drug-likeness (QED) is 0.690. The average Bonchev–Trinajstić information content (AvgIpc) is 2.96. The number of nitrogens with zero attached hydrogens (tertiary/aromatic N) is 1. The number of rotatable bonds is 5. The van der Waals surface area contributed by atoms with Gasteiger partial charge in [-0.15, -0.1) is 4.83 Å². The summed E-state index contributed by atoms with van der Waals surface area (Å²) in [5, 5.41) is 1.76. The van der Waals surface area contributed by atoms with Gasteiger partial charge in [-0.2, -0.15) is 0 Å². The Hall–Kier alpha value is -2.90. The van der Waals surface area contributed by atoms with Crippen LogP contribution in [0.15, 0.2) is 66.2 Å². The third-order valence-electron chi connectivity index (χ3n) is 3.69. The maximum atomic E-state index is 12.3. The first-order valence-corrected chi connectivity index (χ1v) is 9.10. The molecule has 2 N–H and O–H groups in total.